The molecule has 0 aromatic rings. The van der Waals surface area contributed by atoms with Crippen LogP contribution in [0.5, 0.6) is 0 Å². The molecule has 0 rings (SSSR count). The Balaban J connectivity index is 4.47. The lowest BCUT2D eigenvalue weighted by Gasteiger charge is -2.18. The highest BCUT2D eigenvalue weighted by molar-refractivity contribution is 5.71. The minimum atomic E-state index is -0.824. The Morgan fingerprint density at radius 2 is 0.526 bits per heavy atom. The van der Waals surface area contributed by atoms with Gasteiger partial charge in [-0.15, -0.1) is 0 Å². The Morgan fingerprint density at radius 1 is 0.269 bits per heavy atom. The second-order valence-electron chi connectivity index (χ2n) is 21.6. The molecule has 78 heavy (non-hydrogen) atoms. The van der Waals surface area contributed by atoms with Crippen LogP contribution in [0, 0.1) is 0 Å². The van der Waals surface area contributed by atoms with Crippen molar-refractivity contribution in [3.05, 3.63) is 109 Å². The molecule has 0 amide bonds. The third-order valence-corrected chi connectivity index (χ3v) is 14.0. The predicted octanol–water partition coefficient (Wildman–Crippen LogP) is 22.6. The number of hydrogen-bond acceptors (Lipinski definition) is 6. The van der Waals surface area contributed by atoms with E-state index in [1.54, 1.807) is 0 Å². The smallest absolute Gasteiger partial charge is 0.306 e. The molecule has 0 saturated carbocycles. The number of hydrogen-bond donors (Lipinski definition) is 0. The van der Waals surface area contributed by atoms with Gasteiger partial charge in [-0.1, -0.05) is 284 Å². The van der Waals surface area contributed by atoms with E-state index >= 15 is 0 Å². The highest BCUT2D eigenvalue weighted by Crippen LogP contribution is 2.16. The van der Waals surface area contributed by atoms with Crippen LogP contribution in [0.1, 0.15) is 310 Å². The van der Waals surface area contributed by atoms with Crippen molar-refractivity contribution in [1.29, 1.82) is 0 Å². The van der Waals surface area contributed by atoms with E-state index in [4.69, 9.17) is 14.2 Å². The van der Waals surface area contributed by atoms with Crippen LogP contribution in [0.15, 0.2) is 109 Å². The maximum absolute atomic E-state index is 12.9. The van der Waals surface area contributed by atoms with Crippen molar-refractivity contribution >= 4 is 17.9 Å². The van der Waals surface area contributed by atoms with Gasteiger partial charge in [0.2, 0.25) is 0 Å². The van der Waals surface area contributed by atoms with E-state index in [1.807, 2.05) is 6.08 Å². The molecule has 0 N–H and O–H groups in total. The number of unbranched alkanes of at least 4 members (excludes halogenated alkanes) is 30. The molecule has 6 nitrogen and oxygen atoms in total. The van der Waals surface area contributed by atoms with Crippen molar-refractivity contribution < 1.29 is 28.6 Å². The van der Waals surface area contributed by atoms with Crippen LogP contribution in [0.4, 0.5) is 0 Å². The molecule has 0 heterocycles. The summed E-state index contributed by atoms with van der Waals surface area (Å²) in [5.41, 5.74) is 0. The van der Waals surface area contributed by atoms with E-state index in [0.717, 1.165) is 83.5 Å². The van der Waals surface area contributed by atoms with E-state index in [1.165, 1.54) is 180 Å². The Labute approximate surface area is 482 Å². The van der Waals surface area contributed by atoms with Gasteiger partial charge in [0, 0.05) is 19.3 Å². The summed E-state index contributed by atoms with van der Waals surface area (Å²) < 4.78 is 16.9. The fourth-order valence-corrected chi connectivity index (χ4v) is 9.08. The Hall–Kier alpha value is -3.93. The minimum absolute atomic E-state index is 0.111. The van der Waals surface area contributed by atoms with E-state index in [2.05, 4.69) is 124 Å². The molecule has 446 valence electrons. The molecule has 0 saturated heterocycles. The van der Waals surface area contributed by atoms with Gasteiger partial charge in [0.1, 0.15) is 13.2 Å². The summed E-state index contributed by atoms with van der Waals surface area (Å²) in [6, 6.07) is 0. The van der Waals surface area contributed by atoms with Crippen LogP contribution in [-0.2, 0) is 28.6 Å². The van der Waals surface area contributed by atoms with Crippen molar-refractivity contribution in [2.75, 3.05) is 13.2 Å². The average molecular weight is 1080 g/mol. The molecule has 0 aliphatic heterocycles. The zero-order valence-electron chi connectivity index (χ0n) is 51.2. The second kappa shape index (κ2) is 65.6. The number of esters is 3. The van der Waals surface area contributed by atoms with Crippen LogP contribution < -0.4 is 0 Å². The molecule has 0 aliphatic rings. The molecule has 0 aromatic heterocycles. The van der Waals surface area contributed by atoms with Crippen LogP contribution in [0.3, 0.4) is 0 Å². The van der Waals surface area contributed by atoms with Gasteiger partial charge in [0.25, 0.3) is 0 Å². The Bertz CT molecular complexity index is 1570. The van der Waals surface area contributed by atoms with Gasteiger partial charge in [-0.25, -0.2) is 0 Å². The molecular weight excluding hydrogens is 961 g/mol. The van der Waals surface area contributed by atoms with Gasteiger partial charge in [-0.2, -0.15) is 0 Å². The molecule has 0 aromatic carbocycles. The van der Waals surface area contributed by atoms with Gasteiger partial charge in [0.05, 0.1) is 0 Å². The van der Waals surface area contributed by atoms with Crippen molar-refractivity contribution in [3.8, 4) is 0 Å². The average Bonchev–Trinajstić information content (AvgIpc) is 3.44. The van der Waals surface area contributed by atoms with Gasteiger partial charge in [-0.05, 0) is 116 Å². The van der Waals surface area contributed by atoms with Gasteiger partial charge in [-0.3, -0.25) is 14.4 Å². The lowest BCUT2D eigenvalue weighted by atomic mass is 10.0. The van der Waals surface area contributed by atoms with E-state index in [9.17, 15) is 14.4 Å². The molecule has 0 radical (unpaired) electrons. The number of allylic oxidation sites excluding steroid dienone is 18. The number of rotatable bonds is 59. The number of carbonyl (C=O) groups excluding carboxylic acids is 3. The second-order valence-corrected chi connectivity index (χ2v) is 21.6. The van der Waals surface area contributed by atoms with Crippen molar-refractivity contribution in [1.82, 2.24) is 0 Å². The zero-order valence-corrected chi connectivity index (χ0v) is 51.2. The minimum Gasteiger partial charge on any atom is -0.462 e. The summed E-state index contributed by atoms with van der Waals surface area (Å²) in [5, 5.41) is 0. The summed E-state index contributed by atoms with van der Waals surface area (Å²) in [4.78, 5) is 38.3. The summed E-state index contributed by atoms with van der Waals surface area (Å²) >= 11 is 0. The van der Waals surface area contributed by atoms with Gasteiger partial charge < -0.3 is 14.2 Å². The van der Waals surface area contributed by atoms with Crippen LogP contribution >= 0.6 is 0 Å². The first-order valence-electron chi connectivity index (χ1n) is 32.9. The Kier molecular flexibility index (Phi) is 62.3. The van der Waals surface area contributed by atoms with E-state index in [0.29, 0.717) is 19.3 Å². The highest BCUT2D eigenvalue weighted by atomic mass is 16.6. The molecular formula is C72H122O6. The molecule has 0 spiro atoms. The van der Waals surface area contributed by atoms with Crippen LogP contribution in [-0.4, -0.2) is 37.2 Å². The molecule has 0 fully saturated rings. The first kappa shape index (κ1) is 74.1. The van der Waals surface area contributed by atoms with E-state index in [-0.39, 0.29) is 31.6 Å². The largest absolute Gasteiger partial charge is 0.462 e. The first-order chi connectivity index (χ1) is 38.5. The standard InChI is InChI=1S/C72H122O6/c1-4-7-10-13-16-19-22-25-28-31-34-35-36-37-39-41-44-47-50-53-56-59-62-65-71(74)77-68-69(67-76-70(73)64-61-58-55-52-49-46-43-40-33-30-27-24-21-18-15-12-9-6-3)78-72(75)66-63-60-57-54-51-48-45-42-38-32-29-26-23-20-17-14-11-8-5-2/h8,11,17,20,22,25-26,29-31,33-34,38,42,48,51,57,60,69H,4-7,9-10,12-16,18-19,21,23-24,27-28,32,35-37,39-41,43-47,49-50,52-56,58-59,61-68H2,1-3H3/b11-8-,20-17-,25-22-,29-26-,33-30-,34-31-,42-38-,51-48-,60-57-. The Morgan fingerprint density at radius 3 is 0.846 bits per heavy atom. The van der Waals surface area contributed by atoms with Crippen LogP contribution in [0.25, 0.3) is 0 Å². The maximum Gasteiger partial charge on any atom is 0.306 e. The summed E-state index contributed by atoms with van der Waals surface area (Å²) in [6.07, 6.45) is 89.6. The summed E-state index contributed by atoms with van der Waals surface area (Å²) in [7, 11) is 0. The normalized spacial score (nSPS) is 12.8. The first-order valence-corrected chi connectivity index (χ1v) is 32.9. The quantitative estimate of drug-likeness (QED) is 0.0261. The highest BCUT2D eigenvalue weighted by Gasteiger charge is 2.19. The molecule has 1 unspecified atom stereocenters. The van der Waals surface area contributed by atoms with Crippen molar-refractivity contribution in [3.63, 3.8) is 0 Å². The molecule has 1 atom stereocenters. The predicted molar refractivity (Wildman–Crippen MR) is 339 cm³/mol. The SMILES string of the molecule is CC/C=C\C/C=C\C/C=C\C/C=C\C/C=C\C/C=C\CCC(=O)OC(COC(=O)CCCCCCCCC/C=C\CCCCCCCCC)COC(=O)CCCCCCCCCCCCC/C=C\C/C=C\CCCCCCC. The van der Waals surface area contributed by atoms with Crippen molar-refractivity contribution in [2.24, 2.45) is 0 Å². The van der Waals surface area contributed by atoms with E-state index < -0.39 is 12.1 Å². The van der Waals surface area contributed by atoms with Gasteiger partial charge >= 0.3 is 17.9 Å². The van der Waals surface area contributed by atoms with Crippen LogP contribution in [0.2, 0.25) is 0 Å². The van der Waals surface area contributed by atoms with Gasteiger partial charge in [0.15, 0.2) is 6.10 Å². The maximum atomic E-state index is 12.9. The fourth-order valence-electron chi connectivity index (χ4n) is 9.08. The summed E-state index contributed by atoms with van der Waals surface area (Å²) in [5.74, 6) is -0.993. The monoisotopic (exact) mass is 1080 g/mol. The number of ether oxygens (including phenoxy) is 3. The topological polar surface area (TPSA) is 78.9 Å². The number of carbonyl (C=O) groups is 3. The molecule has 0 bridgehead atoms. The summed E-state index contributed by atoms with van der Waals surface area (Å²) in [6.45, 7) is 6.47. The molecule has 0 aliphatic carbocycles. The lowest BCUT2D eigenvalue weighted by molar-refractivity contribution is -0.166. The van der Waals surface area contributed by atoms with Crippen molar-refractivity contribution in [2.45, 2.75) is 316 Å². The zero-order chi connectivity index (χ0) is 56.4. The fraction of sp³-hybridized carbons (Fsp3) is 0.708. The third-order valence-electron chi connectivity index (χ3n) is 14.0. The lowest BCUT2D eigenvalue weighted by Crippen LogP contribution is -2.30. The molecule has 6 heteroatoms. The third kappa shape index (κ3) is 62.9.